The number of aromatic amines is 1. The minimum absolute atomic E-state index is 0.225. The number of unbranched alkanes of at least 4 members (excludes halogenated alkanes) is 2. The quantitative estimate of drug-likeness (QED) is 0.658. The van der Waals surface area contributed by atoms with E-state index in [9.17, 15) is 9.50 Å². The third-order valence-corrected chi connectivity index (χ3v) is 4.12. The highest BCUT2D eigenvalue weighted by Gasteiger charge is 2.18. The van der Waals surface area contributed by atoms with E-state index in [4.69, 9.17) is 0 Å². The number of aromatic nitrogens is 4. The molecule has 1 aromatic carbocycles. The molecular formula is C17H25FN4O. The summed E-state index contributed by atoms with van der Waals surface area (Å²) in [6.07, 6.45) is 6.09. The van der Waals surface area contributed by atoms with Gasteiger partial charge in [0.2, 0.25) is 0 Å². The van der Waals surface area contributed by atoms with E-state index >= 15 is 0 Å². The van der Waals surface area contributed by atoms with E-state index < -0.39 is 6.10 Å². The molecule has 0 radical (unpaired) electrons. The number of benzene rings is 1. The number of H-pyrrole nitrogens is 1. The lowest BCUT2D eigenvalue weighted by molar-refractivity contribution is 0.158. The molecule has 0 bridgehead atoms. The first-order chi connectivity index (χ1) is 11.2. The van der Waals surface area contributed by atoms with Crippen LogP contribution in [0.4, 0.5) is 4.39 Å². The third-order valence-electron chi connectivity index (χ3n) is 4.12. The molecule has 23 heavy (non-hydrogen) atoms. The molecular weight excluding hydrogens is 295 g/mol. The van der Waals surface area contributed by atoms with Crippen LogP contribution < -0.4 is 0 Å². The molecule has 6 heteroatoms. The SMILES string of the molecule is CCCCCC(CCC(O)Cc1ccc(F)cc1)c1nn[nH]n1. The molecule has 0 amide bonds. The highest BCUT2D eigenvalue weighted by molar-refractivity contribution is 5.16. The van der Waals surface area contributed by atoms with Crippen LogP contribution in [0.25, 0.3) is 0 Å². The van der Waals surface area contributed by atoms with E-state index in [1.54, 1.807) is 12.1 Å². The summed E-state index contributed by atoms with van der Waals surface area (Å²) in [6.45, 7) is 2.18. The second-order valence-electron chi connectivity index (χ2n) is 6.02. The number of rotatable bonds is 10. The van der Waals surface area contributed by atoms with Crippen LogP contribution in [0.2, 0.25) is 0 Å². The molecule has 126 valence electrons. The van der Waals surface area contributed by atoms with Gasteiger partial charge in [-0.25, -0.2) is 4.39 Å². The maximum Gasteiger partial charge on any atom is 0.177 e. The van der Waals surface area contributed by atoms with Gasteiger partial charge in [-0.15, -0.1) is 10.2 Å². The number of hydrogen-bond donors (Lipinski definition) is 2. The van der Waals surface area contributed by atoms with Crippen LogP contribution >= 0.6 is 0 Å². The Morgan fingerprint density at radius 1 is 1.13 bits per heavy atom. The molecule has 1 heterocycles. The number of hydrogen-bond acceptors (Lipinski definition) is 4. The minimum Gasteiger partial charge on any atom is -0.393 e. The molecule has 0 saturated carbocycles. The number of halogens is 1. The Hall–Kier alpha value is -1.82. The summed E-state index contributed by atoms with van der Waals surface area (Å²) < 4.78 is 12.9. The second-order valence-corrected chi connectivity index (χ2v) is 6.02. The van der Waals surface area contributed by atoms with Gasteiger partial charge in [0.25, 0.3) is 0 Å². The summed E-state index contributed by atoms with van der Waals surface area (Å²) in [5.74, 6) is 0.703. The zero-order valence-corrected chi connectivity index (χ0v) is 13.6. The van der Waals surface area contributed by atoms with Gasteiger partial charge in [-0.1, -0.05) is 43.5 Å². The van der Waals surface area contributed by atoms with Gasteiger partial charge < -0.3 is 5.11 Å². The molecule has 1 aromatic heterocycles. The lowest BCUT2D eigenvalue weighted by atomic mass is 9.92. The van der Waals surface area contributed by atoms with Crippen LogP contribution in [0.1, 0.15) is 62.8 Å². The van der Waals surface area contributed by atoms with Gasteiger partial charge in [0.15, 0.2) is 5.82 Å². The summed E-state index contributed by atoms with van der Waals surface area (Å²) in [4.78, 5) is 0. The van der Waals surface area contributed by atoms with Crippen molar-refractivity contribution in [1.29, 1.82) is 0 Å². The first-order valence-corrected chi connectivity index (χ1v) is 8.35. The first kappa shape index (κ1) is 17.5. The zero-order chi connectivity index (χ0) is 16.5. The molecule has 0 aliphatic heterocycles. The largest absolute Gasteiger partial charge is 0.393 e. The monoisotopic (exact) mass is 320 g/mol. The van der Waals surface area contributed by atoms with Crippen molar-refractivity contribution >= 4 is 0 Å². The van der Waals surface area contributed by atoms with E-state index in [1.807, 2.05) is 0 Å². The molecule has 0 fully saturated rings. The number of tetrazole rings is 1. The van der Waals surface area contributed by atoms with Gasteiger partial charge in [-0.2, -0.15) is 5.21 Å². The number of aliphatic hydroxyl groups is 1. The number of nitrogens with zero attached hydrogens (tertiary/aromatic N) is 3. The second kappa shape index (κ2) is 9.35. The minimum atomic E-state index is -0.443. The average Bonchev–Trinajstić information content (AvgIpc) is 3.07. The molecule has 2 rings (SSSR count). The Balaban J connectivity index is 1.83. The average molecular weight is 320 g/mol. The Morgan fingerprint density at radius 3 is 2.57 bits per heavy atom. The van der Waals surface area contributed by atoms with Gasteiger partial charge in [0, 0.05) is 5.92 Å². The van der Waals surface area contributed by atoms with Gasteiger partial charge in [0.1, 0.15) is 5.82 Å². The molecule has 2 aromatic rings. The lowest BCUT2D eigenvalue weighted by Gasteiger charge is -2.16. The van der Waals surface area contributed by atoms with E-state index in [2.05, 4.69) is 27.5 Å². The molecule has 0 spiro atoms. The standard InChI is InChI=1S/C17H25FN4O/c1-2-3-4-5-14(17-19-21-22-20-17)8-11-16(23)12-13-6-9-15(18)10-7-13/h6-7,9-10,14,16,23H,2-5,8,11-12H2,1H3,(H,19,20,21,22). The van der Waals surface area contributed by atoms with Gasteiger partial charge >= 0.3 is 0 Å². The Morgan fingerprint density at radius 2 is 1.91 bits per heavy atom. The molecule has 2 atom stereocenters. The maximum absolute atomic E-state index is 12.9. The van der Waals surface area contributed by atoms with Crippen molar-refractivity contribution in [2.24, 2.45) is 0 Å². The van der Waals surface area contributed by atoms with Gasteiger partial charge in [-0.3, -0.25) is 0 Å². The smallest absolute Gasteiger partial charge is 0.177 e. The van der Waals surface area contributed by atoms with Crippen LogP contribution in [0.15, 0.2) is 24.3 Å². The van der Waals surface area contributed by atoms with Crippen LogP contribution in [-0.2, 0) is 6.42 Å². The Kier molecular flexibility index (Phi) is 7.13. The van der Waals surface area contributed by atoms with Crippen LogP contribution in [0, 0.1) is 5.82 Å². The highest BCUT2D eigenvalue weighted by atomic mass is 19.1. The third kappa shape index (κ3) is 6.06. The summed E-state index contributed by atoms with van der Waals surface area (Å²) in [5, 5.41) is 24.6. The van der Waals surface area contributed by atoms with Crippen molar-refractivity contribution in [3.8, 4) is 0 Å². The van der Waals surface area contributed by atoms with Crippen LogP contribution in [-0.4, -0.2) is 31.8 Å². The van der Waals surface area contributed by atoms with Crippen LogP contribution in [0.3, 0.4) is 0 Å². The molecule has 5 nitrogen and oxygen atoms in total. The van der Waals surface area contributed by atoms with Crippen LogP contribution in [0.5, 0.6) is 0 Å². The first-order valence-electron chi connectivity index (χ1n) is 8.35. The fourth-order valence-electron chi connectivity index (χ4n) is 2.77. The van der Waals surface area contributed by atoms with Gasteiger partial charge in [-0.05, 0) is 43.4 Å². The van der Waals surface area contributed by atoms with E-state index in [0.29, 0.717) is 12.8 Å². The van der Waals surface area contributed by atoms with Crippen molar-refractivity contribution in [1.82, 2.24) is 20.6 Å². The molecule has 0 aliphatic carbocycles. The number of aliphatic hydroxyl groups excluding tert-OH is 1. The summed E-state index contributed by atoms with van der Waals surface area (Å²) in [7, 11) is 0. The lowest BCUT2D eigenvalue weighted by Crippen LogP contribution is -2.13. The summed E-state index contributed by atoms with van der Waals surface area (Å²) in [5.41, 5.74) is 0.945. The van der Waals surface area contributed by atoms with E-state index in [1.165, 1.54) is 25.0 Å². The van der Waals surface area contributed by atoms with Crippen molar-refractivity contribution in [2.75, 3.05) is 0 Å². The Labute approximate surface area is 136 Å². The number of nitrogens with one attached hydrogen (secondary N) is 1. The molecule has 2 N–H and O–H groups in total. The zero-order valence-electron chi connectivity index (χ0n) is 13.6. The van der Waals surface area contributed by atoms with Crippen molar-refractivity contribution < 1.29 is 9.50 Å². The maximum atomic E-state index is 12.9. The predicted molar refractivity (Wildman–Crippen MR) is 86.4 cm³/mol. The van der Waals surface area contributed by atoms with E-state index in [0.717, 1.165) is 30.7 Å². The fraction of sp³-hybridized carbons (Fsp3) is 0.588. The summed E-state index contributed by atoms with van der Waals surface area (Å²) in [6, 6.07) is 6.29. The summed E-state index contributed by atoms with van der Waals surface area (Å²) >= 11 is 0. The normalized spacial score (nSPS) is 13.9. The Bertz CT molecular complexity index is 544. The van der Waals surface area contributed by atoms with E-state index in [-0.39, 0.29) is 11.7 Å². The van der Waals surface area contributed by atoms with Crippen molar-refractivity contribution in [2.45, 2.75) is 63.9 Å². The molecule has 0 saturated heterocycles. The molecule has 0 aliphatic rings. The fourth-order valence-corrected chi connectivity index (χ4v) is 2.77. The molecule has 2 unspecified atom stereocenters. The highest BCUT2D eigenvalue weighted by Crippen LogP contribution is 2.25. The topological polar surface area (TPSA) is 74.7 Å². The van der Waals surface area contributed by atoms with Crippen molar-refractivity contribution in [3.05, 3.63) is 41.5 Å². The van der Waals surface area contributed by atoms with Crippen molar-refractivity contribution in [3.63, 3.8) is 0 Å². The predicted octanol–water partition coefficient (Wildman–Crippen LogP) is 3.39. The van der Waals surface area contributed by atoms with Gasteiger partial charge in [0.05, 0.1) is 6.10 Å².